The van der Waals surface area contributed by atoms with Gasteiger partial charge in [-0.1, -0.05) is 17.7 Å². The molecule has 0 bridgehead atoms. The van der Waals surface area contributed by atoms with Gasteiger partial charge in [0, 0.05) is 32.4 Å². The number of halogens is 3. The highest BCUT2D eigenvalue weighted by atomic mass is 127. The molecule has 1 N–H and O–H groups in total. The van der Waals surface area contributed by atoms with E-state index in [4.69, 9.17) is 16.7 Å². The monoisotopic (exact) mass is 580 g/mol. The van der Waals surface area contributed by atoms with Crippen molar-refractivity contribution in [1.29, 1.82) is 0 Å². The topological polar surface area (TPSA) is 72.2 Å². The molecule has 172 valence electrons. The van der Waals surface area contributed by atoms with Crippen molar-refractivity contribution in [2.45, 2.75) is 45.1 Å². The van der Waals surface area contributed by atoms with Crippen molar-refractivity contribution in [3.63, 3.8) is 0 Å². The Bertz CT molecular complexity index is 1260. The SMILES string of the molecule is O=C(O)CC1CC2(C1)CC(CC(=O)c1cc(Cl)cc3cnn(Cc4ccc(I)c(F)c4)c13)C2. The van der Waals surface area contributed by atoms with Crippen molar-refractivity contribution in [3.8, 4) is 0 Å². The first-order chi connectivity index (χ1) is 15.7. The Hall–Kier alpha value is -2.00. The molecule has 5 nitrogen and oxygen atoms in total. The second-order valence-corrected chi connectivity index (χ2v) is 11.3. The summed E-state index contributed by atoms with van der Waals surface area (Å²) in [6, 6.07) is 8.59. The number of benzene rings is 2. The summed E-state index contributed by atoms with van der Waals surface area (Å²) in [5.74, 6) is -0.356. The molecule has 2 saturated carbocycles. The summed E-state index contributed by atoms with van der Waals surface area (Å²) in [4.78, 5) is 24.2. The molecule has 3 aromatic rings. The van der Waals surface area contributed by atoms with Crippen LogP contribution in [0.3, 0.4) is 0 Å². The average molecular weight is 581 g/mol. The van der Waals surface area contributed by atoms with Gasteiger partial charge in [0.25, 0.3) is 0 Å². The number of hydrogen-bond acceptors (Lipinski definition) is 3. The summed E-state index contributed by atoms with van der Waals surface area (Å²) >= 11 is 8.26. The zero-order chi connectivity index (χ0) is 23.3. The van der Waals surface area contributed by atoms with Crippen LogP contribution in [0, 0.1) is 26.6 Å². The molecular weight excluding hydrogens is 558 g/mol. The second kappa shape index (κ2) is 8.65. The van der Waals surface area contributed by atoms with Crippen molar-refractivity contribution in [3.05, 3.63) is 62.1 Å². The highest BCUT2D eigenvalue weighted by molar-refractivity contribution is 14.1. The number of carboxylic acid groups (broad SMARTS) is 1. The van der Waals surface area contributed by atoms with Gasteiger partial charge in [0.1, 0.15) is 5.82 Å². The lowest BCUT2D eigenvalue weighted by Crippen LogP contribution is -2.48. The molecular formula is C25H23ClFIN2O3. The van der Waals surface area contributed by atoms with Crippen molar-refractivity contribution in [2.75, 3.05) is 0 Å². The standard InChI is InChI=1S/C25H23ClFIN2O3/c26-18-6-17-12-29-30(13-14-1-2-21(28)20(27)3-14)24(17)19(7-18)22(31)4-15-8-25(9-15)10-16(11-25)5-23(32)33/h1-3,6-7,12,15-16H,4-5,8-11,13H2,(H,32,33). The Balaban J connectivity index is 1.32. The number of nitrogens with zero attached hydrogens (tertiary/aromatic N) is 2. The van der Waals surface area contributed by atoms with E-state index in [0.29, 0.717) is 33.0 Å². The number of carbonyl (C=O) groups excluding carboxylic acids is 1. The lowest BCUT2D eigenvalue weighted by Gasteiger charge is -2.58. The zero-order valence-electron chi connectivity index (χ0n) is 17.9. The summed E-state index contributed by atoms with van der Waals surface area (Å²) in [5.41, 5.74) is 2.31. The Morgan fingerprint density at radius 1 is 1.15 bits per heavy atom. The molecule has 0 radical (unpaired) electrons. The van der Waals surface area contributed by atoms with E-state index in [1.807, 2.05) is 28.7 Å². The summed E-state index contributed by atoms with van der Waals surface area (Å²) in [6.45, 7) is 0.358. The predicted molar refractivity (Wildman–Crippen MR) is 132 cm³/mol. The van der Waals surface area contributed by atoms with Gasteiger partial charge in [0.2, 0.25) is 0 Å². The molecule has 33 heavy (non-hydrogen) atoms. The largest absolute Gasteiger partial charge is 0.481 e. The second-order valence-electron chi connectivity index (χ2n) is 9.72. The van der Waals surface area contributed by atoms with Crippen LogP contribution in [0.1, 0.15) is 54.4 Å². The van der Waals surface area contributed by atoms with Crippen molar-refractivity contribution in [2.24, 2.45) is 17.3 Å². The molecule has 0 unspecified atom stereocenters. The average Bonchev–Trinajstić information content (AvgIpc) is 3.08. The predicted octanol–water partition coefficient (Wildman–Crippen LogP) is 6.34. The summed E-state index contributed by atoms with van der Waals surface area (Å²) in [5, 5.41) is 14.7. The Kier molecular flexibility index (Phi) is 5.97. The summed E-state index contributed by atoms with van der Waals surface area (Å²) in [6.07, 6.45) is 6.29. The van der Waals surface area contributed by atoms with E-state index in [0.717, 1.165) is 42.1 Å². The third kappa shape index (κ3) is 4.54. The quantitative estimate of drug-likeness (QED) is 0.262. The maximum absolute atomic E-state index is 14.0. The molecule has 2 fully saturated rings. The smallest absolute Gasteiger partial charge is 0.303 e. The highest BCUT2D eigenvalue weighted by Crippen LogP contribution is 2.62. The lowest BCUT2D eigenvalue weighted by molar-refractivity contribution is -0.142. The highest BCUT2D eigenvalue weighted by Gasteiger charge is 2.53. The van der Waals surface area contributed by atoms with Gasteiger partial charge >= 0.3 is 5.97 Å². The van der Waals surface area contributed by atoms with Gasteiger partial charge in [-0.05, 0) is 95.4 Å². The van der Waals surface area contributed by atoms with Gasteiger partial charge in [-0.25, -0.2) is 4.39 Å². The minimum absolute atomic E-state index is 0.0410. The van der Waals surface area contributed by atoms with Crippen LogP contribution in [0.15, 0.2) is 36.5 Å². The molecule has 1 aromatic heterocycles. The summed E-state index contributed by atoms with van der Waals surface area (Å²) < 4.78 is 16.3. The van der Waals surface area contributed by atoms with Crippen LogP contribution >= 0.6 is 34.2 Å². The third-order valence-corrected chi connectivity index (χ3v) is 8.23. The normalized spacial score (nSPS) is 24.0. The van der Waals surface area contributed by atoms with Gasteiger partial charge in [-0.2, -0.15) is 5.10 Å². The molecule has 0 saturated heterocycles. The maximum atomic E-state index is 14.0. The molecule has 0 atom stereocenters. The van der Waals surface area contributed by atoms with Crippen LogP contribution < -0.4 is 0 Å². The van der Waals surface area contributed by atoms with E-state index in [1.54, 1.807) is 29.1 Å². The van der Waals surface area contributed by atoms with Gasteiger partial charge < -0.3 is 5.11 Å². The molecule has 1 heterocycles. The number of Topliss-reactive ketones (excluding diaryl/α,β-unsaturated/α-hetero) is 1. The minimum atomic E-state index is -0.726. The Morgan fingerprint density at radius 3 is 2.52 bits per heavy atom. The first-order valence-electron chi connectivity index (χ1n) is 11.1. The fourth-order valence-electron chi connectivity index (χ4n) is 5.91. The van der Waals surface area contributed by atoms with E-state index < -0.39 is 5.97 Å². The first kappa shape index (κ1) is 22.8. The molecule has 1 spiro atoms. The van der Waals surface area contributed by atoms with Crippen molar-refractivity contribution in [1.82, 2.24) is 9.78 Å². The van der Waals surface area contributed by atoms with Gasteiger partial charge in [-0.15, -0.1) is 0 Å². The number of aromatic nitrogens is 2. The van der Waals surface area contributed by atoms with Crippen LogP contribution in [-0.4, -0.2) is 26.6 Å². The summed E-state index contributed by atoms with van der Waals surface area (Å²) in [7, 11) is 0. The zero-order valence-corrected chi connectivity index (χ0v) is 20.8. The van der Waals surface area contributed by atoms with Gasteiger partial charge in [-0.3, -0.25) is 14.3 Å². The van der Waals surface area contributed by atoms with Crippen LogP contribution in [0.2, 0.25) is 5.02 Å². The van der Waals surface area contributed by atoms with Crippen LogP contribution in [-0.2, 0) is 11.3 Å². The number of carboxylic acids is 1. The Morgan fingerprint density at radius 2 is 1.85 bits per heavy atom. The number of aliphatic carboxylic acids is 1. The third-order valence-electron chi connectivity index (χ3n) is 7.14. The van der Waals surface area contributed by atoms with E-state index in [-0.39, 0.29) is 29.4 Å². The number of ketones is 1. The molecule has 2 aliphatic rings. The van der Waals surface area contributed by atoms with Crippen LogP contribution in [0.5, 0.6) is 0 Å². The van der Waals surface area contributed by atoms with E-state index in [9.17, 15) is 14.0 Å². The van der Waals surface area contributed by atoms with Crippen LogP contribution in [0.25, 0.3) is 10.9 Å². The fourth-order valence-corrected chi connectivity index (χ4v) is 6.47. The van der Waals surface area contributed by atoms with Gasteiger partial charge in [0.05, 0.1) is 18.3 Å². The van der Waals surface area contributed by atoms with Crippen LogP contribution in [0.4, 0.5) is 4.39 Å². The lowest BCUT2D eigenvalue weighted by atomic mass is 9.47. The van der Waals surface area contributed by atoms with Gasteiger partial charge in [0.15, 0.2) is 5.78 Å². The Labute approximate surface area is 209 Å². The van der Waals surface area contributed by atoms with E-state index >= 15 is 0 Å². The number of hydrogen-bond donors (Lipinski definition) is 1. The number of carbonyl (C=O) groups is 2. The molecule has 5 rings (SSSR count). The molecule has 0 amide bonds. The van der Waals surface area contributed by atoms with E-state index in [1.165, 1.54) is 6.07 Å². The molecule has 2 aromatic carbocycles. The molecule has 8 heteroatoms. The van der Waals surface area contributed by atoms with Crippen molar-refractivity contribution < 1.29 is 19.1 Å². The molecule has 2 aliphatic carbocycles. The van der Waals surface area contributed by atoms with Crippen molar-refractivity contribution >= 4 is 56.8 Å². The number of rotatable bonds is 7. The van der Waals surface area contributed by atoms with E-state index in [2.05, 4.69) is 5.10 Å². The number of fused-ring (bicyclic) bond motifs is 1. The fraction of sp³-hybridized carbons (Fsp3) is 0.400. The molecule has 0 aliphatic heterocycles. The minimum Gasteiger partial charge on any atom is -0.481 e. The first-order valence-corrected chi connectivity index (χ1v) is 12.5. The maximum Gasteiger partial charge on any atom is 0.303 e.